The maximum Gasteiger partial charge on any atom is 0.234 e. The zero-order valence-corrected chi connectivity index (χ0v) is 14.7. The van der Waals surface area contributed by atoms with E-state index in [2.05, 4.69) is 26.1 Å². The summed E-state index contributed by atoms with van der Waals surface area (Å²) in [6.45, 7) is 6.84. The number of carbonyl (C=O) groups excluding carboxylic acids is 1. The molecule has 0 atom stereocenters. The van der Waals surface area contributed by atoms with Gasteiger partial charge in [-0.1, -0.05) is 51.1 Å². The van der Waals surface area contributed by atoms with Crippen LogP contribution in [0.3, 0.4) is 0 Å². The number of amides is 1. The van der Waals surface area contributed by atoms with Crippen LogP contribution < -0.4 is 10.1 Å². The minimum Gasteiger partial charge on any atom is -0.489 e. The summed E-state index contributed by atoms with van der Waals surface area (Å²) in [5.74, 6) is 1.26. The second-order valence-electron chi connectivity index (χ2n) is 6.25. The van der Waals surface area contributed by atoms with Crippen molar-refractivity contribution in [2.75, 3.05) is 11.1 Å². The average Bonchev–Trinajstić information content (AvgIpc) is 2.53. The predicted octanol–water partition coefficient (Wildman–Crippen LogP) is 4.74. The van der Waals surface area contributed by atoms with Gasteiger partial charge in [0.2, 0.25) is 5.91 Å². The van der Waals surface area contributed by atoms with E-state index in [0.717, 1.165) is 17.0 Å². The third kappa shape index (κ3) is 6.78. The number of thioether (sulfide) groups is 1. The predicted molar refractivity (Wildman–Crippen MR) is 98.1 cm³/mol. The molecule has 0 saturated carbocycles. The van der Waals surface area contributed by atoms with Gasteiger partial charge in [-0.15, -0.1) is 11.8 Å². The first-order valence-corrected chi connectivity index (χ1v) is 8.61. The van der Waals surface area contributed by atoms with E-state index in [4.69, 9.17) is 4.74 Å². The summed E-state index contributed by atoms with van der Waals surface area (Å²) in [6, 6.07) is 17.5. The molecule has 0 radical (unpaired) electrons. The van der Waals surface area contributed by atoms with E-state index in [1.807, 2.05) is 54.6 Å². The van der Waals surface area contributed by atoms with Crippen LogP contribution in [0.2, 0.25) is 0 Å². The Kier molecular flexibility index (Phi) is 6.11. The minimum atomic E-state index is 0.0166. The third-order valence-electron chi connectivity index (χ3n) is 3.02. The second kappa shape index (κ2) is 8.06. The van der Waals surface area contributed by atoms with Gasteiger partial charge < -0.3 is 10.1 Å². The van der Waals surface area contributed by atoms with Gasteiger partial charge in [-0.05, 0) is 29.8 Å². The molecule has 2 aromatic carbocycles. The highest BCUT2D eigenvalue weighted by Gasteiger charge is 2.13. The summed E-state index contributed by atoms with van der Waals surface area (Å²) < 4.78 is 5.82. The zero-order valence-electron chi connectivity index (χ0n) is 13.8. The summed E-state index contributed by atoms with van der Waals surface area (Å²) in [6.07, 6.45) is 0. The van der Waals surface area contributed by atoms with Gasteiger partial charge in [0, 0.05) is 10.4 Å². The number of ether oxygens (including phenoxy) is 1. The van der Waals surface area contributed by atoms with Crippen LogP contribution in [0, 0.1) is 0 Å². The standard InChI is InChI=1S/C19H23NO2S/c1-19(2,3)23-14-18(21)20-16-9-11-17(12-10-16)22-13-15-7-5-4-6-8-15/h4-12H,13-14H2,1-3H3,(H,20,21). The lowest BCUT2D eigenvalue weighted by Gasteiger charge is -2.17. The van der Waals surface area contributed by atoms with Crippen LogP contribution in [-0.4, -0.2) is 16.4 Å². The quantitative estimate of drug-likeness (QED) is 0.832. The van der Waals surface area contributed by atoms with E-state index in [-0.39, 0.29) is 10.7 Å². The van der Waals surface area contributed by atoms with Gasteiger partial charge in [-0.25, -0.2) is 0 Å². The van der Waals surface area contributed by atoms with Crippen molar-refractivity contribution in [2.24, 2.45) is 0 Å². The van der Waals surface area contributed by atoms with Crippen LogP contribution in [0.25, 0.3) is 0 Å². The van der Waals surface area contributed by atoms with Gasteiger partial charge in [0.25, 0.3) is 0 Å². The number of anilines is 1. The normalized spacial score (nSPS) is 11.1. The molecule has 1 N–H and O–H groups in total. The Labute approximate surface area is 142 Å². The fourth-order valence-corrected chi connectivity index (χ4v) is 2.49. The molecular formula is C19H23NO2S. The lowest BCUT2D eigenvalue weighted by Crippen LogP contribution is -2.18. The molecule has 0 bridgehead atoms. The van der Waals surface area contributed by atoms with Crippen LogP contribution in [0.4, 0.5) is 5.69 Å². The zero-order chi connectivity index (χ0) is 16.7. The molecule has 0 unspecified atom stereocenters. The van der Waals surface area contributed by atoms with Gasteiger partial charge in [-0.3, -0.25) is 4.79 Å². The molecule has 2 aromatic rings. The van der Waals surface area contributed by atoms with Crippen molar-refractivity contribution >= 4 is 23.4 Å². The number of benzene rings is 2. The van der Waals surface area contributed by atoms with Crippen molar-refractivity contribution in [3.63, 3.8) is 0 Å². The summed E-state index contributed by atoms with van der Waals surface area (Å²) in [4.78, 5) is 11.9. The number of nitrogens with one attached hydrogen (secondary N) is 1. The highest BCUT2D eigenvalue weighted by atomic mass is 32.2. The van der Waals surface area contributed by atoms with Crippen LogP contribution in [0.1, 0.15) is 26.3 Å². The number of carbonyl (C=O) groups is 1. The van der Waals surface area contributed by atoms with Gasteiger partial charge in [0.05, 0.1) is 5.75 Å². The molecule has 0 saturated heterocycles. The first-order chi connectivity index (χ1) is 10.9. The summed E-state index contributed by atoms with van der Waals surface area (Å²) in [5, 5.41) is 2.90. The molecule has 122 valence electrons. The lowest BCUT2D eigenvalue weighted by molar-refractivity contribution is -0.113. The van der Waals surface area contributed by atoms with Crippen LogP contribution in [-0.2, 0) is 11.4 Å². The third-order valence-corrected chi connectivity index (χ3v) is 4.30. The van der Waals surface area contributed by atoms with Crippen LogP contribution >= 0.6 is 11.8 Å². The molecule has 2 rings (SSSR count). The Bertz CT molecular complexity index is 618. The average molecular weight is 329 g/mol. The molecule has 0 aliphatic rings. The Balaban J connectivity index is 1.81. The largest absolute Gasteiger partial charge is 0.489 e. The highest BCUT2D eigenvalue weighted by molar-refractivity contribution is 8.01. The summed E-state index contributed by atoms with van der Waals surface area (Å²) in [5.41, 5.74) is 1.92. The van der Waals surface area contributed by atoms with Crippen molar-refractivity contribution in [1.82, 2.24) is 0 Å². The first-order valence-electron chi connectivity index (χ1n) is 7.63. The molecular weight excluding hydrogens is 306 g/mol. The van der Waals surface area contributed by atoms with Gasteiger partial charge in [0.1, 0.15) is 12.4 Å². The molecule has 3 nitrogen and oxygen atoms in total. The van der Waals surface area contributed by atoms with E-state index in [0.29, 0.717) is 12.4 Å². The van der Waals surface area contributed by atoms with E-state index < -0.39 is 0 Å². The van der Waals surface area contributed by atoms with Crippen molar-refractivity contribution in [1.29, 1.82) is 0 Å². The van der Waals surface area contributed by atoms with E-state index in [1.54, 1.807) is 11.8 Å². The van der Waals surface area contributed by atoms with Crippen LogP contribution in [0.15, 0.2) is 54.6 Å². The molecule has 0 aromatic heterocycles. The van der Waals surface area contributed by atoms with Crippen molar-refractivity contribution in [2.45, 2.75) is 32.1 Å². The Hall–Kier alpha value is -1.94. The summed E-state index contributed by atoms with van der Waals surface area (Å²) in [7, 11) is 0. The number of rotatable bonds is 6. The molecule has 0 spiro atoms. The molecule has 0 aliphatic carbocycles. The van der Waals surface area contributed by atoms with Gasteiger partial charge in [0.15, 0.2) is 0 Å². The Morgan fingerprint density at radius 3 is 2.30 bits per heavy atom. The van der Waals surface area contributed by atoms with Crippen molar-refractivity contribution < 1.29 is 9.53 Å². The molecule has 0 heterocycles. The fraction of sp³-hybridized carbons (Fsp3) is 0.316. The summed E-state index contributed by atoms with van der Waals surface area (Å²) >= 11 is 1.63. The van der Waals surface area contributed by atoms with Crippen molar-refractivity contribution in [3.8, 4) is 5.75 Å². The molecule has 4 heteroatoms. The topological polar surface area (TPSA) is 38.3 Å². The minimum absolute atomic E-state index is 0.0166. The maximum absolute atomic E-state index is 11.9. The van der Waals surface area contributed by atoms with Gasteiger partial charge in [-0.2, -0.15) is 0 Å². The fourth-order valence-electron chi connectivity index (χ4n) is 1.85. The highest BCUT2D eigenvalue weighted by Crippen LogP contribution is 2.23. The first kappa shape index (κ1) is 17.4. The molecule has 1 amide bonds. The molecule has 23 heavy (non-hydrogen) atoms. The number of hydrogen-bond donors (Lipinski definition) is 1. The molecule has 0 fully saturated rings. The number of hydrogen-bond acceptors (Lipinski definition) is 3. The van der Waals surface area contributed by atoms with Gasteiger partial charge >= 0.3 is 0 Å². The van der Waals surface area contributed by atoms with E-state index in [1.165, 1.54) is 0 Å². The molecule has 0 aliphatic heterocycles. The van der Waals surface area contributed by atoms with Crippen LogP contribution in [0.5, 0.6) is 5.75 Å². The SMILES string of the molecule is CC(C)(C)SCC(=O)Nc1ccc(OCc2ccccc2)cc1. The monoisotopic (exact) mass is 329 g/mol. The lowest BCUT2D eigenvalue weighted by atomic mass is 10.2. The van der Waals surface area contributed by atoms with Crippen molar-refractivity contribution in [3.05, 3.63) is 60.2 Å². The van der Waals surface area contributed by atoms with E-state index >= 15 is 0 Å². The Morgan fingerprint density at radius 2 is 1.70 bits per heavy atom. The second-order valence-corrected chi connectivity index (χ2v) is 8.05. The maximum atomic E-state index is 11.9. The Morgan fingerprint density at radius 1 is 1.04 bits per heavy atom. The van der Waals surface area contributed by atoms with E-state index in [9.17, 15) is 4.79 Å². The smallest absolute Gasteiger partial charge is 0.234 e.